The number of carbonyl (C=O) groups is 2. The van der Waals surface area contributed by atoms with Crippen LogP contribution in [-0.4, -0.2) is 42.4 Å². The van der Waals surface area contributed by atoms with Gasteiger partial charge >= 0.3 is 11.9 Å². The highest BCUT2D eigenvalue weighted by molar-refractivity contribution is 9.10. The van der Waals surface area contributed by atoms with Crippen molar-refractivity contribution in [1.82, 2.24) is 0 Å². The molecule has 246 valence electrons. The fraction of sp³-hybridized carbons (Fsp3) is 0.500. The number of benzene rings is 3. The Balaban J connectivity index is 1.47. The maximum atomic E-state index is 14.0. The van der Waals surface area contributed by atoms with Gasteiger partial charge < -0.3 is 19.1 Å². The van der Waals surface area contributed by atoms with E-state index in [4.69, 9.17) is 19.2 Å². The fourth-order valence-electron chi connectivity index (χ4n) is 7.22. The van der Waals surface area contributed by atoms with Gasteiger partial charge in [0.1, 0.15) is 17.2 Å². The Morgan fingerprint density at radius 2 is 1.63 bits per heavy atom. The molecule has 0 radical (unpaired) electrons. The molecule has 7 nitrogen and oxygen atoms in total. The second kappa shape index (κ2) is 11.1. The summed E-state index contributed by atoms with van der Waals surface area (Å²) in [5.74, 6) is 0.407. The number of carbonyl (C=O) groups excluding carboxylic acids is 2. The minimum atomic E-state index is -0.943. The third-order valence-electron chi connectivity index (χ3n) is 11.6. The maximum absolute atomic E-state index is 14.0. The lowest BCUT2D eigenvalue weighted by Gasteiger charge is -2.49. The molecule has 1 spiro atoms. The van der Waals surface area contributed by atoms with Gasteiger partial charge in [0.25, 0.3) is 0 Å². The SMILES string of the molecule is CCC(C)(CC(C)(C(=O)OC)C(C)(C)Br)C(C)(C)C(=O)Oc1ccc2ccc3c(c2c1)N=CC1(O3)N(C)c2ccccc2C1(C)C. The third-order valence-corrected chi connectivity index (χ3v) is 12.5. The second-order valence-electron chi connectivity index (χ2n) is 15.0. The van der Waals surface area contributed by atoms with E-state index in [0.717, 1.165) is 16.5 Å². The van der Waals surface area contributed by atoms with E-state index in [1.807, 2.05) is 98.1 Å². The predicted octanol–water partition coefficient (Wildman–Crippen LogP) is 9.15. The molecule has 0 N–H and O–H groups in total. The van der Waals surface area contributed by atoms with Gasteiger partial charge in [-0.15, -0.1) is 0 Å². The first-order chi connectivity index (χ1) is 21.3. The highest BCUT2D eigenvalue weighted by Gasteiger charge is 2.59. The van der Waals surface area contributed by atoms with E-state index in [9.17, 15) is 9.59 Å². The van der Waals surface area contributed by atoms with Crippen LogP contribution in [0.15, 0.2) is 59.6 Å². The molecule has 8 heteroatoms. The normalized spacial score (nSPS) is 21.2. The number of rotatable bonds is 8. The summed E-state index contributed by atoms with van der Waals surface area (Å²) in [6, 6.07) is 17.9. The minimum absolute atomic E-state index is 0.321. The number of likely N-dealkylation sites (N-methyl/N-ethyl adjacent to an activating group) is 1. The molecular weight excluding hydrogens is 644 g/mol. The molecule has 2 aliphatic heterocycles. The van der Waals surface area contributed by atoms with Crippen molar-refractivity contribution in [3.8, 4) is 11.5 Å². The van der Waals surface area contributed by atoms with Gasteiger partial charge in [0, 0.05) is 22.4 Å². The van der Waals surface area contributed by atoms with Crippen molar-refractivity contribution in [3.05, 3.63) is 60.2 Å². The Labute approximate surface area is 281 Å². The Hall–Kier alpha value is -3.39. The quantitative estimate of drug-likeness (QED) is 0.133. The largest absolute Gasteiger partial charge is 0.469 e. The lowest BCUT2D eigenvalue weighted by Crippen LogP contribution is -2.61. The van der Waals surface area contributed by atoms with Crippen LogP contribution in [0.5, 0.6) is 11.5 Å². The smallest absolute Gasteiger partial charge is 0.317 e. The van der Waals surface area contributed by atoms with Crippen LogP contribution in [-0.2, 0) is 19.7 Å². The van der Waals surface area contributed by atoms with Crippen molar-refractivity contribution in [2.45, 2.75) is 90.6 Å². The lowest BCUT2D eigenvalue weighted by molar-refractivity contribution is -0.163. The number of anilines is 1. The van der Waals surface area contributed by atoms with Crippen LogP contribution in [0, 0.1) is 16.2 Å². The Morgan fingerprint density at radius 3 is 2.24 bits per heavy atom. The van der Waals surface area contributed by atoms with Gasteiger partial charge in [-0.25, -0.2) is 0 Å². The number of halogens is 1. The van der Waals surface area contributed by atoms with E-state index < -0.39 is 26.3 Å². The average Bonchev–Trinajstić information content (AvgIpc) is 3.17. The van der Waals surface area contributed by atoms with Crippen molar-refractivity contribution in [2.75, 3.05) is 19.1 Å². The topological polar surface area (TPSA) is 77.4 Å². The van der Waals surface area contributed by atoms with Crippen molar-refractivity contribution in [1.29, 1.82) is 0 Å². The number of para-hydroxylation sites is 1. The molecule has 0 amide bonds. The minimum Gasteiger partial charge on any atom is -0.469 e. The van der Waals surface area contributed by atoms with E-state index in [1.165, 1.54) is 12.7 Å². The number of nitrogens with zero attached hydrogens (tertiary/aromatic N) is 2. The number of hydrogen-bond acceptors (Lipinski definition) is 7. The molecule has 3 atom stereocenters. The summed E-state index contributed by atoms with van der Waals surface area (Å²) in [5.41, 5.74) is -0.575. The molecule has 0 saturated carbocycles. The van der Waals surface area contributed by atoms with Crippen LogP contribution in [0.1, 0.15) is 80.7 Å². The number of fused-ring (bicyclic) bond motifs is 4. The van der Waals surface area contributed by atoms with Crippen molar-refractivity contribution in [2.24, 2.45) is 21.2 Å². The highest BCUT2D eigenvalue weighted by atomic mass is 79.9. The number of esters is 2. The highest BCUT2D eigenvalue weighted by Crippen LogP contribution is 2.56. The van der Waals surface area contributed by atoms with E-state index in [2.05, 4.69) is 52.9 Å². The van der Waals surface area contributed by atoms with Gasteiger partial charge in [0.2, 0.25) is 5.72 Å². The van der Waals surface area contributed by atoms with Gasteiger partial charge in [-0.2, -0.15) is 0 Å². The lowest BCUT2D eigenvalue weighted by atomic mass is 9.56. The summed E-state index contributed by atoms with van der Waals surface area (Å²) in [5, 5.41) is 1.80. The summed E-state index contributed by atoms with van der Waals surface area (Å²) in [6.45, 7) is 18.1. The fourth-order valence-corrected chi connectivity index (χ4v) is 7.52. The van der Waals surface area contributed by atoms with Crippen molar-refractivity contribution in [3.63, 3.8) is 0 Å². The summed E-state index contributed by atoms with van der Waals surface area (Å²) in [4.78, 5) is 34.3. The van der Waals surface area contributed by atoms with Crippen LogP contribution >= 0.6 is 15.9 Å². The zero-order valence-electron chi connectivity index (χ0n) is 29.0. The van der Waals surface area contributed by atoms with Gasteiger partial charge in [0.15, 0.2) is 0 Å². The molecule has 0 fully saturated rings. The summed E-state index contributed by atoms with van der Waals surface area (Å²) in [6.07, 6.45) is 2.97. The Bertz CT molecular complexity index is 1740. The first-order valence-electron chi connectivity index (χ1n) is 15.9. The van der Waals surface area contributed by atoms with Crippen LogP contribution in [0.3, 0.4) is 0 Å². The molecule has 0 bridgehead atoms. The number of methoxy groups -OCH3 is 1. The predicted molar refractivity (Wildman–Crippen MR) is 189 cm³/mol. The van der Waals surface area contributed by atoms with Gasteiger partial charge in [-0.3, -0.25) is 14.6 Å². The molecule has 46 heavy (non-hydrogen) atoms. The van der Waals surface area contributed by atoms with Crippen LogP contribution in [0.4, 0.5) is 11.4 Å². The standard InChI is InChI=1S/C38H47BrN2O5/c1-12-36(8,22-37(9,32(43)44-11)35(6,7)39)34(4,5)31(42)45-25-19-17-24-18-20-29-30(26(24)21-25)40-23-38(46-29)33(2,3)27-15-13-14-16-28(27)41(38)10/h13-21,23H,12,22H2,1-11H3. The van der Waals surface area contributed by atoms with Gasteiger partial charge in [0.05, 0.1) is 29.6 Å². The van der Waals surface area contributed by atoms with E-state index in [0.29, 0.717) is 30.0 Å². The number of aliphatic imine (C=N–C) groups is 1. The average molecular weight is 692 g/mol. The maximum Gasteiger partial charge on any atom is 0.317 e. The van der Waals surface area contributed by atoms with Crippen LogP contribution < -0.4 is 14.4 Å². The van der Waals surface area contributed by atoms with Crippen molar-refractivity contribution < 1.29 is 23.8 Å². The second-order valence-corrected chi connectivity index (χ2v) is 16.9. The Morgan fingerprint density at radius 1 is 0.978 bits per heavy atom. The molecule has 5 rings (SSSR count). The molecule has 0 saturated heterocycles. The third kappa shape index (κ3) is 4.85. The van der Waals surface area contributed by atoms with Crippen LogP contribution in [0.25, 0.3) is 10.8 Å². The number of hydrogen-bond donors (Lipinski definition) is 0. The number of alkyl halides is 1. The summed E-state index contributed by atoms with van der Waals surface area (Å²) < 4.78 is 17.7. The van der Waals surface area contributed by atoms with E-state index in [1.54, 1.807) is 0 Å². The number of ether oxygens (including phenoxy) is 3. The molecule has 2 aliphatic rings. The van der Waals surface area contributed by atoms with Crippen LogP contribution in [0.2, 0.25) is 0 Å². The Kier molecular flexibility index (Phi) is 8.20. The zero-order chi connectivity index (χ0) is 34.1. The summed E-state index contributed by atoms with van der Waals surface area (Å²) in [7, 11) is 3.45. The molecular formula is C38H47BrN2O5. The monoisotopic (exact) mass is 690 g/mol. The van der Waals surface area contributed by atoms with Gasteiger partial charge in [-0.1, -0.05) is 60.1 Å². The van der Waals surface area contributed by atoms with Crippen molar-refractivity contribution >= 4 is 56.2 Å². The molecule has 3 unspecified atom stereocenters. The molecule has 0 aromatic heterocycles. The van der Waals surface area contributed by atoms with Gasteiger partial charge in [-0.05, 0) is 102 Å². The molecule has 0 aliphatic carbocycles. The first-order valence-corrected chi connectivity index (χ1v) is 16.7. The molecule has 3 aromatic carbocycles. The molecule has 3 aromatic rings. The first kappa shape index (κ1) is 34.0. The van der Waals surface area contributed by atoms with E-state index in [-0.39, 0.29) is 17.4 Å². The summed E-state index contributed by atoms with van der Waals surface area (Å²) >= 11 is 3.73. The van der Waals surface area contributed by atoms with E-state index >= 15 is 0 Å². The zero-order valence-corrected chi connectivity index (χ0v) is 30.6. The molecule has 2 heterocycles.